The second kappa shape index (κ2) is 7.09. The van der Waals surface area contributed by atoms with Crippen LogP contribution in [0.25, 0.3) is 0 Å². The Morgan fingerprint density at radius 3 is 2.55 bits per heavy atom. The molecule has 1 atom stereocenters. The number of amides is 1. The summed E-state index contributed by atoms with van der Waals surface area (Å²) in [5.74, 6) is 0.868. The van der Waals surface area contributed by atoms with Crippen molar-refractivity contribution in [1.82, 2.24) is 10.2 Å². The number of ether oxygens (including phenoxy) is 1. The predicted molar refractivity (Wildman–Crippen MR) is 82.2 cm³/mol. The van der Waals surface area contributed by atoms with Gasteiger partial charge in [-0.25, -0.2) is 4.39 Å². The van der Waals surface area contributed by atoms with Crippen molar-refractivity contribution in [3.8, 4) is 5.75 Å². The number of piperidine rings is 2. The van der Waals surface area contributed by atoms with Gasteiger partial charge >= 0.3 is 0 Å². The number of hydrogen-bond acceptors (Lipinski definition) is 3. The minimum absolute atomic E-state index is 0.110. The van der Waals surface area contributed by atoms with Crippen molar-refractivity contribution in [2.45, 2.75) is 31.8 Å². The summed E-state index contributed by atoms with van der Waals surface area (Å²) in [5, 5.41) is 3.30. The quantitative estimate of drug-likeness (QED) is 0.931. The summed E-state index contributed by atoms with van der Waals surface area (Å²) in [6.45, 7) is 3.34. The lowest BCUT2D eigenvalue weighted by atomic mass is 9.96. The topological polar surface area (TPSA) is 41.6 Å². The first-order valence-corrected chi connectivity index (χ1v) is 8.14. The molecule has 3 rings (SSSR count). The van der Waals surface area contributed by atoms with Gasteiger partial charge in [0.15, 0.2) is 0 Å². The number of halogens is 1. The third kappa shape index (κ3) is 3.77. The number of hydrogen-bond donors (Lipinski definition) is 1. The largest absolute Gasteiger partial charge is 0.490 e. The lowest BCUT2D eigenvalue weighted by Gasteiger charge is -2.35. The highest BCUT2D eigenvalue weighted by molar-refractivity contribution is 5.79. The van der Waals surface area contributed by atoms with Gasteiger partial charge in [0.25, 0.3) is 0 Å². The smallest absolute Gasteiger partial charge is 0.226 e. The molecule has 0 radical (unpaired) electrons. The Bertz CT molecular complexity index is 492. The average molecular weight is 306 g/mol. The molecule has 0 saturated carbocycles. The molecule has 1 N–H and O–H groups in total. The molecule has 1 unspecified atom stereocenters. The molecule has 0 bridgehead atoms. The minimum atomic E-state index is -0.256. The molecule has 1 aromatic rings. The normalized spacial score (nSPS) is 23.3. The SMILES string of the molecule is O=C(C1CCCNC1)N1CCC(Oc2ccc(F)cc2)CC1. The van der Waals surface area contributed by atoms with E-state index in [9.17, 15) is 9.18 Å². The zero-order valence-electron chi connectivity index (χ0n) is 12.8. The van der Waals surface area contributed by atoms with Crippen molar-refractivity contribution < 1.29 is 13.9 Å². The molecule has 2 aliphatic rings. The maximum atomic E-state index is 12.9. The van der Waals surface area contributed by atoms with Gasteiger partial charge in [-0.05, 0) is 43.7 Å². The first-order valence-electron chi connectivity index (χ1n) is 8.14. The van der Waals surface area contributed by atoms with Crippen LogP contribution in [0.1, 0.15) is 25.7 Å². The van der Waals surface area contributed by atoms with Crippen molar-refractivity contribution in [2.24, 2.45) is 5.92 Å². The summed E-state index contributed by atoms with van der Waals surface area (Å²) >= 11 is 0. The molecule has 2 heterocycles. The number of rotatable bonds is 3. The van der Waals surface area contributed by atoms with Crippen LogP contribution in [0.2, 0.25) is 0 Å². The van der Waals surface area contributed by atoms with Crippen LogP contribution in [0.4, 0.5) is 4.39 Å². The number of nitrogens with one attached hydrogen (secondary N) is 1. The second-order valence-corrected chi connectivity index (χ2v) is 6.14. The van der Waals surface area contributed by atoms with Gasteiger partial charge in [0, 0.05) is 32.5 Å². The number of carbonyl (C=O) groups is 1. The molecule has 2 aliphatic heterocycles. The van der Waals surface area contributed by atoms with Crippen LogP contribution in [0.3, 0.4) is 0 Å². The van der Waals surface area contributed by atoms with Crippen molar-refractivity contribution in [3.05, 3.63) is 30.1 Å². The van der Waals surface area contributed by atoms with Gasteiger partial charge in [-0.1, -0.05) is 0 Å². The summed E-state index contributed by atoms with van der Waals surface area (Å²) in [6, 6.07) is 6.12. The molecule has 22 heavy (non-hydrogen) atoms. The van der Waals surface area contributed by atoms with E-state index in [1.807, 2.05) is 4.90 Å². The molecule has 0 spiro atoms. The first-order chi connectivity index (χ1) is 10.7. The van der Waals surface area contributed by atoms with Gasteiger partial charge in [0.05, 0.1) is 5.92 Å². The van der Waals surface area contributed by atoms with Gasteiger partial charge < -0.3 is 15.0 Å². The fourth-order valence-electron chi connectivity index (χ4n) is 3.22. The lowest BCUT2D eigenvalue weighted by Crippen LogP contribution is -2.47. The molecular formula is C17H23FN2O2. The molecule has 1 amide bonds. The monoisotopic (exact) mass is 306 g/mol. The van der Waals surface area contributed by atoms with Gasteiger partial charge in [0.1, 0.15) is 17.7 Å². The van der Waals surface area contributed by atoms with Crippen LogP contribution in [0.15, 0.2) is 24.3 Å². The zero-order chi connectivity index (χ0) is 15.4. The Kier molecular flexibility index (Phi) is 4.93. The van der Waals surface area contributed by atoms with Crippen molar-refractivity contribution in [1.29, 1.82) is 0 Å². The van der Waals surface area contributed by atoms with Crippen molar-refractivity contribution >= 4 is 5.91 Å². The van der Waals surface area contributed by atoms with Gasteiger partial charge in [-0.2, -0.15) is 0 Å². The molecule has 4 nitrogen and oxygen atoms in total. The molecule has 2 saturated heterocycles. The van der Waals surface area contributed by atoms with Gasteiger partial charge in [-0.15, -0.1) is 0 Å². The molecular weight excluding hydrogens is 283 g/mol. The Labute approximate surface area is 130 Å². The summed E-state index contributed by atoms with van der Waals surface area (Å²) < 4.78 is 18.7. The Hall–Kier alpha value is -1.62. The fourth-order valence-corrected chi connectivity index (χ4v) is 3.22. The minimum Gasteiger partial charge on any atom is -0.490 e. The van der Waals surface area contributed by atoms with E-state index < -0.39 is 0 Å². The molecule has 1 aromatic carbocycles. The van der Waals surface area contributed by atoms with Crippen LogP contribution in [-0.4, -0.2) is 43.1 Å². The highest BCUT2D eigenvalue weighted by Gasteiger charge is 2.29. The summed E-state index contributed by atoms with van der Waals surface area (Å²) in [5.41, 5.74) is 0. The van der Waals surface area contributed by atoms with Crippen molar-refractivity contribution in [2.75, 3.05) is 26.2 Å². The first kappa shape index (κ1) is 15.3. The van der Waals surface area contributed by atoms with Crippen LogP contribution in [0, 0.1) is 11.7 Å². The summed E-state index contributed by atoms with van der Waals surface area (Å²) in [6.07, 6.45) is 3.87. The Balaban J connectivity index is 1.47. The number of nitrogens with zero attached hydrogens (tertiary/aromatic N) is 1. The lowest BCUT2D eigenvalue weighted by molar-refractivity contribution is -0.137. The highest BCUT2D eigenvalue weighted by Crippen LogP contribution is 2.21. The summed E-state index contributed by atoms with van der Waals surface area (Å²) in [7, 11) is 0. The van der Waals surface area contributed by atoms with E-state index in [1.165, 1.54) is 12.1 Å². The fraction of sp³-hybridized carbons (Fsp3) is 0.588. The van der Waals surface area contributed by atoms with Crippen LogP contribution >= 0.6 is 0 Å². The van der Waals surface area contributed by atoms with Crippen molar-refractivity contribution in [3.63, 3.8) is 0 Å². The molecule has 5 heteroatoms. The number of likely N-dealkylation sites (tertiary alicyclic amines) is 1. The van der Waals surface area contributed by atoms with E-state index in [1.54, 1.807) is 12.1 Å². The van der Waals surface area contributed by atoms with E-state index in [2.05, 4.69) is 5.32 Å². The van der Waals surface area contributed by atoms with E-state index in [0.29, 0.717) is 5.75 Å². The Morgan fingerprint density at radius 1 is 1.18 bits per heavy atom. The van der Waals surface area contributed by atoms with E-state index >= 15 is 0 Å². The average Bonchev–Trinajstić information content (AvgIpc) is 2.58. The van der Waals surface area contributed by atoms with Gasteiger partial charge in [0.2, 0.25) is 5.91 Å². The van der Waals surface area contributed by atoms with Crippen LogP contribution in [-0.2, 0) is 4.79 Å². The van der Waals surface area contributed by atoms with Gasteiger partial charge in [-0.3, -0.25) is 4.79 Å². The molecule has 2 fully saturated rings. The molecule has 0 aliphatic carbocycles. The predicted octanol–water partition coefficient (Wildman–Crippen LogP) is 2.20. The molecule has 120 valence electrons. The van der Waals surface area contributed by atoms with Crippen LogP contribution < -0.4 is 10.1 Å². The summed E-state index contributed by atoms with van der Waals surface area (Å²) in [4.78, 5) is 14.4. The second-order valence-electron chi connectivity index (χ2n) is 6.14. The zero-order valence-corrected chi connectivity index (χ0v) is 12.8. The maximum absolute atomic E-state index is 12.9. The van der Waals surface area contributed by atoms with E-state index in [-0.39, 0.29) is 23.7 Å². The third-order valence-corrected chi connectivity index (χ3v) is 4.52. The standard InChI is InChI=1S/C17H23FN2O2/c18-14-3-5-15(6-4-14)22-16-7-10-20(11-8-16)17(21)13-2-1-9-19-12-13/h3-6,13,16,19H,1-2,7-12H2. The maximum Gasteiger partial charge on any atom is 0.226 e. The van der Waals surface area contributed by atoms with Crippen LogP contribution in [0.5, 0.6) is 5.75 Å². The van der Waals surface area contributed by atoms with E-state index in [0.717, 1.165) is 51.9 Å². The third-order valence-electron chi connectivity index (χ3n) is 4.52. The van der Waals surface area contributed by atoms with E-state index in [4.69, 9.17) is 4.74 Å². The molecule has 0 aromatic heterocycles. The number of benzene rings is 1. The highest BCUT2D eigenvalue weighted by atomic mass is 19.1. The Morgan fingerprint density at radius 2 is 1.91 bits per heavy atom. The number of carbonyl (C=O) groups excluding carboxylic acids is 1.